The molecule has 130 valence electrons. The molecule has 0 amide bonds. The number of rotatable bonds is 1. The Kier molecular flexibility index (Phi) is 2.93. The number of carbonyl (C=O) groups excluding carboxylic acids is 2. The predicted molar refractivity (Wildman–Crippen MR) is 95.4 cm³/mol. The first-order chi connectivity index (χ1) is 11.0. The van der Waals surface area contributed by atoms with Gasteiger partial charge >= 0.3 is 0 Å². The molecule has 0 aromatic rings. The SMILES string of the molecule is CC1(C)[C@@H]2CC[C@]1(C)C(=O)/C2=C/C=C1\C(=O)[C@@]2(C)CC[C@@H]1C2(C)C. The van der Waals surface area contributed by atoms with E-state index in [-0.39, 0.29) is 21.7 Å². The summed E-state index contributed by atoms with van der Waals surface area (Å²) in [6, 6.07) is 0. The molecule has 0 radical (unpaired) electrons. The van der Waals surface area contributed by atoms with Crippen molar-refractivity contribution in [2.45, 2.75) is 67.2 Å². The third-order valence-electron chi connectivity index (χ3n) is 9.17. The molecule has 0 spiro atoms. The molecule has 0 saturated heterocycles. The van der Waals surface area contributed by atoms with Crippen LogP contribution in [-0.2, 0) is 9.59 Å². The highest BCUT2D eigenvalue weighted by atomic mass is 16.1. The first kappa shape index (κ1) is 16.3. The van der Waals surface area contributed by atoms with E-state index in [1.807, 2.05) is 12.2 Å². The van der Waals surface area contributed by atoms with Gasteiger partial charge in [-0.25, -0.2) is 0 Å². The average molecular weight is 326 g/mol. The van der Waals surface area contributed by atoms with Crippen LogP contribution in [0.5, 0.6) is 0 Å². The van der Waals surface area contributed by atoms with Crippen molar-refractivity contribution >= 4 is 11.6 Å². The maximum atomic E-state index is 13.0. The Hall–Kier alpha value is -1.18. The van der Waals surface area contributed by atoms with Crippen molar-refractivity contribution < 1.29 is 9.59 Å². The molecule has 0 unspecified atom stereocenters. The fraction of sp³-hybridized carbons (Fsp3) is 0.727. The van der Waals surface area contributed by atoms with E-state index in [0.29, 0.717) is 23.4 Å². The zero-order valence-electron chi connectivity index (χ0n) is 16.0. The molecule has 0 aromatic carbocycles. The smallest absolute Gasteiger partial charge is 0.165 e. The third kappa shape index (κ3) is 1.50. The van der Waals surface area contributed by atoms with Crippen LogP contribution >= 0.6 is 0 Å². The molecule has 4 atom stereocenters. The molecule has 0 aliphatic heterocycles. The molecule has 0 aromatic heterocycles. The van der Waals surface area contributed by atoms with E-state index in [1.54, 1.807) is 0 Å². The number of hydrogen-bond acceptors (Lipinski definition) is 2. The second-order valence-electron chi connectivity index (χ2n) is 10.2. The van der Waals surface area contributed by atoms with Crippen LogP contribution in [0.3, 0.4) is 0 Å². The average Bonchev–Trinajstić information content (AvgIpc) is 2.97. The summed E-state index contributed by atoms with van der Waals surface area (Å²) in [4.78, 5) is 25.9. The Morgan fingerprint density at radius 3 is 1.29 bits per heavy atom. The number of allylic oxidation sites excluding steroid dienone is 4. The number of Topliss-reactive ketones (excluding diaryl/α,β-unsaturated/α-hetero) is 2. The molecular weight excluding hydrogens is 296 g/mol. The van der Waals surface area contributed by atoms with Gasteiger partial charge in [-0.15, -0.1) is 0 Å². The van der Waals surface area contributed by atoms with Crippen LogP contribution in [0.15, 0.2) is 23.3 Å². The lowest BCUT2D eigenvalue weighted by Crippen LogP contribution is -2.32. The van der Waals surface area contributed by atoms with E-state index in [2.05, 4.69) is 41.5 Å². The van der Waals surface area contributed by atoms with Gasteiger partial charge in [-0.3, -0.25) is 9.59 Å². The van der Waals surface area contributed by atoms with Gasteiger partial charge in [0.25, 0.3) is 0 Å². The monoisotopic (exact) mass is 326 g/mol. The molecule has 0 N–H and O–H groups in total. The number of hydrogen-bond donors (Lipinski definition) is 0. The summed E-state index contributed by atoms with van der Waals surface area (Å²) in [6.07, 6.45) is 8.25. The van der Waals surface area contributed by atoms with Crippen molar-refractivity contribution in [2.24, 2.45) is 33.5 Å². The zero-order chi connectivity index (χ0) is 17.7. The summed E-state index contributed by atoms with van der Waals surface area (Å²) in [5, 5.41) is 0. The van der Waals surface area contributed by atoms with E-state index in [0.717, 1.165) is 36.8 Å². The minimum absolute atomic E-state index is 0.0400. The van der Waals surface area contributed by atoms with Gasteiger partial charge in [-0.1, -0.05) is 53.7 Å². The molecule has 4 rings (SSSR count). The summed E-state index contributed by atoms with van der Waals surface area (Å²) in [5.41, 5.74) is 1.59. The Balaban J connectivity index is 1.74. The van der Waals surface area contributed by atoms with Crippen molar-refractivity contribution in [1.82, 2.24) is 0 Å². The molecule has 4 saturated carbocycles. The van der Waals surface area contributed by atoms with Gasteiger partial charge < -0.3 is 0 Å². The van der Waals surface area contributed by atoms with Crippen LogP contribution in [0.2, 0.25) is 0 Å². The van der Waals surface area contributed by atoms with E-state index < -0.39 is 0 Å². The molecule has 2 nitrogen and oxygen atoms in total. The summed E-state index contributed by atoms with van der Waals surface area (Å²) in [7, 11) is 0. The van der Waals surface area contributed by atoms with Crippen LogP contribution in [0.4, 0.5) is 0 Å². The minimum atomic E-state index is -0.216. The van der Waals surface area contributed by atoms with Crippen LogP contribution in [0.1, 0.15) is 67.2 Å². The Morgan fingerprint density at radius 1 is 0.708 bits per heavy atom. The standard InChI is InChI=1S/C22H30O2/c1-19(2)15-9-11-21(19,5)17(23)13(15)7-8-14-16-10-12-22(6,18(14)24)20(16,3)4/h7-8,15-16H,9-12H2,1-6H3/b13-7-,14-8+/t15-,16+,21+,22+/m0/s1. The second kappa shape index (κ2) is 4.31. The normalized spacial score (nSPS) is 48.2. The summed E-state index contributed by atoms with van der Waals surface area (Å²) >= 11 is 0. The highest BCUT2D eigenvalue weighted by Gasteiger charge is 2.65. The van der Waals surface area contributed by atoms with Crippen molar-refractivity contribution in [1.29, 1.82) is 0 Å². The number of ketones is 2. The highest BCUT2D eigenvalue weighted by Crippen LogP contribution is 2.67. The molecule has 4 aliphatic rings. The first-order valence-electron chi connectivity index (χ1n) is 9.50. The van der Waals surface area contributed by atoms with Crippen molar-refractivity contribution in [3.63, 3.8) is 0 Å². The Morgan fingerprint density at radius 2 is 1.04 bits per heavy atom. The largest absolute Gasteiger partial charge is 0.294 e. The summed E-state index contributed by atoms with van der Waals surface area (Å²) in [6.45, 7) is 13.2. The Labute approximate surface area is 145 Å². The van der Waals surface area contributed by atoms with E-state index in [9.17, 15) is 9.59 Å². The highest BCUT2D eigenvalue weighted by molar-refractivity contribution is 6.07. The lowest BCUT2D eigenvalue weighted by molar-refractivity contribution is -0.126. The fourth-order valence-corrected chi connectivity index (χ4v) is 6.42. The maximum Gasteiger partial charge on any atom is 0.165 e. The maximum absolute atomic E-state index is 13.0. The first-order valence-corrected chi connectivity index (χ1v) is 9.50. The van der Waals surface area contributed by atoms with Gasteiger partial charge in [0.05, 0.1) is 0 Å². The lowest BCUT2D eigenvalue weighted by Gasteiger charge is -2.31. The van der Waals surface area contributed by atoms with Crippen LogP contribution < -0.4 is 0 Å². The molecule has 24 heavy (non-hydrogen) atoms. The van der Waals surface area contributed by atoms with E-state index in [1.165, 1.54) is 0 Å². The quantitative estimate of drug-likeness (QED) is 0.643. The number of fused-ring (bicyclic) bond motifs is 4. The van der Waals surface area contributed by atoms with E-state index >= 15 is 0 Å². The predicted octanol–water partition coefficient (Wildman–Crippen LogP) is 4.89. The van der Waals surface area contributed by atoms with Crippen molar-refractivity contribution in [2.75, 3.05) is 0 Å². The number of carbonyl (C=O) groups is 2. The van der Waals surface area contributed by atoms with Crippen LogP contribution in [-0.4, -0.2) is 11.6 Å². The molecule has 4 fully saturated rings. The zero-order valence-corrected chi connectivity index (χ0v) is 16.0. The van der Waals surface area contributed by atoms with Crippen molar-refractivity contribution in [3.05, 3.63) is 23.3 Å². The molecule has 0 heterocycles. The third-order valence-corrected chi connectivity index (χ3v) is 9.17. The van der Waals surface area contributed by atoms with Gasteiger partial charge in [0, 0.05) is 10.8 Å². The van der Waals surface area contributed by atoms with Crippen LogP contribution in [0, 0.1) is 33.5 Å². The topological polar surface area (TPSA) is 34.1 Å². The van der Waals surface area contributed by atoms with Gasteiger partial charge in [0.2, 0.25) is 0 Å². The lowest BCUT2D eigenvalue weighted by atomic mass is 9.70. The van der Waals surface area contributed by atoms with Gasteiger partial charge in [0.1, 0.15) is 0 Å². The Bertz CT molecular complexity index is 658. The molecule has 4 bridgehead atoms. The summed E-state index contributed by atoms with van der Waals surface area (Å²) < 4.78 is 0. The van der Waals surface area contributed by atoms with Gasteiger partial charge in [-0.05, 0) is 59.5 Å². The minimum Gasteiger partial charge on any atom is -0.294 e. The molecule has 2 heteroatoms. The van der Waals surface area contributed by atoms with Gasteiger partial charge in [-0.2, -0.15) is 0 Å². The molecule has 4 aliphatic carbocycles. The molecular formula is C22H30O2. The fourth-order valence-electron chi connectivity index (χ4n) is 6.42. The summed E-state index contributed by atoms with van der Waals surface area (Å²) in [5.74, 6) is 1.34. The second-order valence-corrected chi connectivity index (χ2v) is 10.2. The van der Waals surface area contributed by atoms with Gasteiger partial charge in [0.15, 0.2) is 11.6 Å². The van der Waals surface area contributed by atoms with E-state index in [4.69, 9.17) is 0 Å². The van der Waals surface area contributed by atoms with Crippen molar-refractivity contribution in [3.8, 4) is 0 Å². The van der Waals surface area contributed by atoms with Crippen LogP contribution in [0.25, 0.3) is 0 Å².